The molecule has 1 rings (SSSR count). The van der Waals surface area contributed by atoms with Crippen molar-refractivity contribution in [1.29, 1.82) is 5.41 Å². The van der Waals surface area contributed by atoms with E-state index in [0.717, 1.165) is 0 Å². The van der Waals surface area contributed by atoms with Crippen molar-refractivity contribution in [3.05, 3.63) is 28.8 Å². The van der Waals surface area contributed by atoms with Gasteiger partial charge in [-0.25, -0.2) is 0 Å². The number of amidine groups is 1. The minimum atomic E-state index is -2.84. The Morgan fingerprint density at radius 1 is 1.33 bits per heavy atom. The van der Waals surface area contributed by atoms with Crippen LogP contribution in [0, 0.1) is 19.3 Å². The van der Waals surface area contributed by atoms with E-state index in [9.17, 15) is 8.78 Å². The minimum Gasteiger partial charge on any atom is -0.434 e. The smallest absolute Gasteiger partial charge is 0.387 e. The Labute approximate surface area is 86.4 Å². The number of benzene rings is 1. The summed E-state index contributed by atoms with van der Waals surface area (Å²) in [4.78, 5) is 0. The number of nitrogens with two attached hydrogens (primary N) is 1. The summed E-state index contributed by atoms with van der Waals surface area (Å²) in [7, 11) is 0. The van der Waals surface area contributed by atoms with Crippen LogP contribution >= 0.6 is 0 Å². The van der Waals surface area contributed by atoms with Crippen LogP contribution in [0.4, 0.5) is 8.78 Å². The third-order valence-corrected chi connectivity index (χ3v) is 1.98. The highest BCUT2D eigenvalue weighted by Gasteiger charge is 2.12. The van der Waals surface area contributed by atoms with Gasteiger partial charge in [-0.3, -0.25) is 5.41 Å². The van der Waals surface area contributed by atoms with Crippen LogP contribution in [0.25, 0.3) is 0 Å². The first-order valence-corrected chi connectivity index (χ1v) is 4.32. The predicted octanol–water partition coefficient (Wildman–Crippen LogP) is 2.19. The number of alkyl halides is 2. The van der Waals surface area contributed by atoms with E-state index in [1.165, 1.54) is 0 Å². The summed E-state index contributed by atoms with van der Waals surface area (Å²) >= 11 is 0. The van der Waals surface area contributed by atoms with Crippen molar-refractivity contribution in [2.75, 3.05) is 0 Å². The number of aryl methyl sites for hydroxylation is 2. The van der Waals surface area contributed by atoms with Crippen molar-refractivity contribution in [2.45, 2.75) is 20.5 Å². The highest BCUT2D eigenvalue weighted by Crippen LogP contribution is 2.26. The number of hydrogen-bond acceptors (Lipinski definition) is 2. The Bertz CT molecular complexity index is 368. The van der Waals surface area contributed by atoms with Crippen LogP contribution in [-0.4, -0.2) is 12.4 Å². The van der Waals surface area contributed by atoms with Crippen molar-refractivity contribution in [1.82, 2.24) is 0 Å². The van der Waals surface area contributed by atoms with Crippen LogP contribution in [0.3, 0.4) is 0 Å². The third-order valence-electron chi connectivity index (χ3n) is 1.98. The quantitative estimate of drug-likeness (QED) is 0.598. The van der Waals surface area contributed by atoms with E-state index in [1.807, 2.05) is 0 Å². The molecule has 0 spiro atoms. The fourth-order valence-corrected chi connectivity index (χ4v) is 1.38. The van der Waals surface area contributed by atoms with Crippen LogP contribution in [0.15, 0.2) is 12.1 Å². The molecule has 3 N–H and O–H groups in total. The summed E-state index contributed by atoms with van der Waals surface area (Å²) in [5.41, 5.74) is 6.89. The van der Waals surface area contributed by atoms with Gasteiger partial charge in [-0.05, 0) is 37.1 Å². The van der Waals surface area contributed by atoms with E-state index in [1.54, 1.807) is 26.0 Å². The Balaban J connectivity index is 3.15. The number of rotatable bonds is 3. The molecule has 0 atom stereocenters. The summed E-state index contributed by atoms with van der Waals surface area (Å²) in [5.74, 6) is 0.0554. The first-order valence-electron chi connectivity index (χ1n) is 4.32. The third kappa shape index (κ3) is 2.65. The van der Waals surface area contributed by atoms with Crippen molar-refractivity contribution in [2.24, 2.45) is 5.73 Å². The zero-order chi connectivity index (χ0) is 11.6. The molecule has 82 valence electrons. The average Bonchev–Trinajstić information content (AvgIpc) is 2.10. The second-order valence-corrected chi connectivity index (χ2v) is 3.23. The van der Waals surface area contributed by atoms with Crippen molar-refractivity contribution in [3.63, 3.8) is 0 Å². The topological polar surface area (TPSA) is 59.1 Å². The Hall–Kier alpha value is -1.65. The average molecular weight is 214 g/mol. The molecule has 3 nitrogen and oxygen atoms in total. The number of nitrogens with one attached hydrogen (secondary N) is 1. The van der Waals surface area contributed by atoms with Crippen molar-refractivity contribution in [3.8, 4) is 5.75 Å². The molecule has 0 saturated carbocycles. The van der Waals surface area contributed by atoms with Gasteiger partial charge < -0.3 is 10.5 Å². The van der Waals surface area contributed by atoms with Gasteiger partial charge in [0.15, 0.2) is 0 Å². The second-order valence-electron chi connectivity index (χ2n) is 3.23. The molecule has 0 aromatic heterocycles. The maximum atomic E-state index is 12.1. The molecule has 1 aromatic carbocycles. The van der Waals surface area contributed by atoms with Crippen LogP contribution in [-0.2, 0) is 0 Å². The summed E-state index contributed by atoms with van der Waals surface area (Å²) in [6.07, 6.45) is 0. The van der Waals surface area contributed by atoms with Crippen LogP contribution in [0.1, 0.15) is 16.7 Å². The lowest BCUT2D eigenvalue weighted by molar-refractivity contribution is -0.0507. The van der Waals surface area contributed by atoms with Gasteiger partial charge in [0.1, 0.15) is 11.6 Å². The van der Waals surface area contributed by atoms with Gasteiger partial charge in [0.25, 0.3) is 0 Å². The van der Waals surface area contributed by atoms with Crippen molar-refractivity contribution >= 4 is 5.84 Å². The molecule has 0 saturated heterocycles. The maximum absolute atomic E-state index is 12.1. The van der Waals surface area contributed by atoms with E-state index >= 15 is 0 Å². The molecule has 5 heteroatoms. The zero-order valence-corrected chi connectivity index (χ0v) is 8.47. The SMILES string of the molecule is Cc1cc(C(=N)N)cc(C)c1OC(F)F. The summed E-state index contributed by atoms with van der Waals surface area (Å²) < 4.78 is 28.5. The molecular formula is C10H12F2N2O. The molecule has 0 fully saturated rings. The van der Waals surface area contributed by atoms with Gasteiger partial charge in [0.05, 0.1) is 0 Å². The van der Waals surface area contributed by atoms with Crippen LogP contribution < -0.4 is 10.5 Å². The van der Waals surface area contributed by atoms with E-state index in [-0.39, 0.29) is 11.6 Å². The first kappa shape index (κ1) is 11.4. The summed E-state index contributed by atoms with van der Waals surface area (Å²) in [5, 5.41) is 7.23. The molecule has 15 heavy (non-hydrogen) atoms. The van der Waals surface area contributed by atoms with Gasteiger partial charge >= 0.3 is 6.61 Å². The molecule has 1 aromatic rings. The lowest BCUT2D eigenvalue weighted by atomic mass is 10.1. The minimum absolute atomic E-state index is 0.0928. The van der Waals surface area contributed by atoms with Crippen LogP contribution in [0.5, 0.6) is 5.75 Å². The second kappa shape index (κ2) is 4.25. The summed E-state index contributed by atoms with van der Waals surface area (Å²) in [6.45, 7) is 0.430. The zero-order valence-electron chi connectivity index (χ0n) is 8.47. The van der Waals surface area contributed by atoms with Gasteiger partial charge in [0.2, 0.25) is 0 Å². The van der Waals surface area contributed by atoms with Crippen LogP contribution in [0.2, 0.25) is 0 Å². The molecule has 0 aliphatic rings. The summed E-state index contributed by atoms with van der Waals surface area (Å²) in [6, 6.07) is 3.10. The molecular weight excluding hydrogens is 202 g/mol. The van der Waals surface area contributed by atoms with Crippen molar-refractivity contribution < 1.29 is 13.5 Å². The Morgan fingerprint density at radius 3 is 2.13 bits per heavy atom. The normalized spacial score (nSPS) is 10.5. The van der Waals surface area contributed by atoms with E-state index < -0.39 is 6.61 Å². The molecule has 0 unspecified atom stereocenters. The molecule has 0 amide bonds. The highest BCUT2D eigenvalue weighted by atomic mass is 19.3. The Kier molecular flexibility index (Phi) is 3.24. The number of ether oxygens (including phenoxy) is 1. The van der Waals surface area contributed by atoms with Gasteiger partial charge in [-0.1, -0.05) is 0 Å². The highest BCUT2D eigenvalue weighted by molar-refractivity contribution is 5.95. The fourth-order valence-electron chi connectivity index (χ4n) is 1.38. The van der Waals surface area contributed by atoms with Gasteiger partial charge in [-0.2, -0.15) is 8.78 Å². The van der Waals surface area contributed by atoms with E-state index in [2.05, 4.69) is 4.74 Å². The maximum Gasteiger partial charge on any atom is 0.387 e. The Morgan fingerprint density at radius 2 is 1.80 bits per heavy atom. The molecule has 0 aliphatic heterocycles. The number of hydrogen-bond donors (Lipinski definition) is 2. The standard InChI is InChI=1S/C10H12F2N2O/c1-5-3-7(9(13)14)4-6(2)8(5)15-10(11)12/h3-4,10H,1-2H3,(H3,13,14). The fraction of sp³-hybridized carbons (Fsp3) is 0.300. The number of halogens is 2. The predicted molar refractivity (Wildman–Crippen MR) is 53.6 cm³/mol. The first-order chi connectivity index (χ1) is 6.91. The molecule has 0 radical (unpaired) electrons. The van der Waals surface area contributed by atoms with E-state index in [4.69, 9.17) is 11.1 Å². The molecule has 0 aliphatic carbocycles. The lowest BCUT2D eigenvalue weighted by Crippen LogP contribution is -2.12. The number of nitrogen functional groups attached to an aromatic ring is 1. The van der Waals surface area contributed by atoms with E-state index in [0.29, 0.717) is 16.7 Å². The van der Waals surface area contributed by atoms with Gasteiger partial charge in [0, 0.05) is 5.56 Å². The van der Waals surface area contributed by atoms with Gasteiger partial charge in [-0.15, -0.1) is 0 Å². The lowest BCUT2D eigenvalue weighted by Gasteiger charge is -2.12. The molecule has 0 bridgehead atoms. The molecule has 0 heterocycles. The monoisotopic (exact) mass is 214 g/mol. The largest absolute Gasteiger partial charge is 0.434 e.